The van der Waals surface area contributed by atoms with E-state index in [0.29, 0.717) is 32.0 Å². The molecule has 1 atom stereocenters. The highest BCUT2D eigenvalue weighted by Gasteiger charge is 2.38. The van der Waals surface area contributed by atoms with Crippen molar-refractivity contribution in [2.45, 2.75) is 51.0 Å². The van der Waals surface area contributed by atoms with Crippen molar-refractivity contribution in [2.24, 2.45) is 5.92 Å². The van der Waals surface area contributed by atoms with Crippen molar-refractivity contribution in [3.05, 3.63) is 53.4 Å². The summed E-state index contributed by atoms with van der Waals surface area (Å²) < 4.78 is 74.0. The number of alkyl halides is 4. The number of anilines is 2. The normalized spacial score (nSPS) is 17.1. The molecule has 3 aromatic rings. The van der Waals surface area contributed by atoms with E-state index in [2.05, 4.69) is 15.2 Å². The average molecular weight is 541 g/mol. The molecule has 5 rings (SSSR count). The summed E-state index contributed by atoms with van der Waals surface area (Å²) in [6.45, 7) is 3.10. The van der Waals surface area contributed by atoms with E-state index in [9.17, 15) is 22.0 Å². The van der Waals surface area contributed by atoms with Crippen LogP contribution in [0.5, 0.6) is 0 Å². The Morgan fingerprint density at radius 3 is 2.32 bits per heavy atom. The summed E-state index contributed by atoms with van der Waals surface area (Å²) in [5.74, 6) is -3.10. The van der Waals surface area contributed by atoms with Crippen LogP contribution in [0.3, 0.4) is 0 Å². The van der Waals surface area contributed by atoms with Crippen molar-refractivity contribution >= 4 is 28.6 Å². The van der Waals surface area contributed by atoms with Gasteiger partial charge in [-0.2, -0.15) is 13.2 Å². The van der Waals surface area contributed by atoms with Crippen LogP contribution in [0.4, 0.5) is 38.0 Å². The van der Waals surface area contributed by atoms with E-state index in [1.807, 2.05) is 13.0 Å². The average Bonchev–Trinajstić information content (AvgIpc) is 3.67. The largest absolute Gasteiger partial charge is 0.490 e. The number of hydrogen-bond donors (Lipinski definition) is 2. The van der Waals surface area contributed by atoms with Gasteiger partial charge in [0.2, 0.25) is 0 Å². The molecule has 2 fully saturated rings. The van der Waals surface area contributed by atoms with Crippen molar-refractivity contribution in [3.63, 3.8) is 0 Å². The number of nitrogens with zero attached hydrogens (tertiary/aromatic N) is 4. The predicted octanol–water partition coefficient (Wildman–Crippen LogP) is 5.75. The minimum absolute atomic E-state index is 0.0668. The number of aromatic nitrogens is 3. The standard InChI is InChI=1S/C23H24F3N5.C2HF3O2/c1-13-10-19-20(12-27-13)30-23(22(29-19)28-16-3-4-16)31-8-6-14(7-9-31)21(26)17-5-2-15(24)11-18(17)25;3-2(4,5)1(6)7/h2,5,10-12,14,16,21H,3-4,6-9H2,1H3,(H,28,29);(H,6,7). The van der Waals surface area contributed by atoms with Crippen LogP contribution >= 0.6 is 0 Å². The van der Waals surface area contributed by atoms with E-state index in [1.54, 1.807) is 6.20 Å². The van der Waals surface area contributed by atoms with Crippen LogP contribution in [0.15, 0.2) is 30.5 Å². The first kappa shape index (κ1) is 27.4. The minimum atomic E-state index is -5.08. The molecule has 7 nitrogen and oxygen atoms in total. The van der Waals surface area contributed by atoms with Crippen LogP contribution < -0.4 is 10.2 Å². The van der Waals surface area contributed by atoms with Gasteiger partial charge in [-0.15, -0.1) is 0 Å². The fourth-order valence-electron chi connectivity index (χ4n) is 4.17. The molecule has 2 aliphatic rings. The van der Waals surface area contributed by atoms with Crippen LogP contribution in [-0.2, 0) is 4.79 Å². The number of carboxylic acid groups (broad SMARTS) is 1. The number of carbonyl (C=O) groups is 1. The van der Waals surface area contributed by atoms with Crippen molar-refractivity contribution in [1.82, 2.24) is 15.0 Å². The number of hydrogen-bond acceptors (Lipinski definition) is 6. The maximum Gasteiger partial charge on any atom is 0.490 e. The first-order valence-electron chi connectivity index (χ1n) is 12.0. The molecular weight excluding hydrogens is 516 g/mol. The maximum absolute atomic E-state index is 15.0. The summed E-state index contributed by atoms with van der Waals surface area (Å²) in [4.78, 5) is 24.9. The van der Waals surface area contributed by atoms with Gasteiger partial charge in [0.25, 0.3) is 0 Å². The second-order valence-corrected chi connectivity index (χ2v) is 9.32. The first-order valence-corrected chi connectivity index (χ1v) is 12.0. The number of rotatable bonds is 5. The molecular formula is C25H25F6N5O2. The number of fused-ring (bicyclic) bond motifs is 1. The highest BCUT2D eigenvalue weighted by Crippen LogP contribution is 2.38. The number of nitrogens with one attached hydrogen (secondary N) is 1. The van der Waals surface area contributed by atoms with Crippen LogP contribution in [0.2, 0.25) is 0 Å². The molecule has 1 unspecified atom stereocenters. The quantitative estimate of drug-likeness (QED) is 0.398. The second kappa shape index (κ2) is 11.0. The highest BCUT2D eigenvalue weighted by molar-refractivity contribution is 5.80. The van der Waals surface area contributed by atoms with E-state index < -0.39 is 30.0 Å². The zero-order valence-electron chi connectivity index (χ0n) is 20.3. The second-order valence-electron chi connectivity index (χ2n) is 9.32. The van der Waals surface area contributed by atoms with Crippen LogP contribution in [0, 0.1) is 24.5 Å². The zero-order valence-corrected chi connectivity index (χ0v) is 20.3. The Labute approximate surface area is 213 Å². The van der Waals surface area contributed by atoms with E-state index in [1.165, 1.54) is 6.07 Å². The summed E-state index contributed by atoms with van der Waals surface area (Å²) >= 11 is 0. The molecule has 204 valence electrons. The maximum atomic E-state index is 15.0. The molecule has 1 aliphatic carbocycles. The third-order valence-corrected chi connectivity index (χ3v) is 6.34. The number of benzene rings is 1. The lowest BCUT2D eigenvalue weighted by Crippen LogP contribution is -2.36. The topological polar surface area (TPSA) is 91.2 Å². The lowest BCUT2D eigenvalue weighted by molar-refractivity contribution is -0.192. The molecule has 0 radical (unpaired) electrons. The number of piperidine rings is 1. The zero-order chi connectivity index (χ0) is 27.6. The van der Waals surface area contributed by atoms with Crippen LogP contribution in [0.25, 0.3) is 11.0 Å². The van der Waals surface area contributed by atoms with Gasteiger partial charge in [0.15, 0.2) is 11.6 Å². The van der Waals surface area contributed by atoms with Gasteiger partial charge in [-0.25, -0.2) is 27.9 Å². The van der Waals surface area contributed by atoms with Gasteiger partial charge in [0.05, 0.1) is 11.7 Å². The smallest absolute Gasteiger partial charge is 0.475 e. The van der Waals surface area contributed by atoms with E-state index in [0.717, 1.165) is 53.3 Å². The Kier molecular flexibility index (Phi) is 7.93. The number of carboxylic acids is 1. The summed E-state index contributed by atoms with van der Waals surface area (Å²) in [5, 5.41) is 10.6. The number of halogens is 6. The molecule has 1 saturated heterocycles. The molecule has 3 heterocycles. The first-order chi connectivity index (χ1) is 17.9. The lowest BCUT2D eigenvalue weighted by atomic mass is 9.88. The Balaban J connectivity index is 0.000000426. The molecule has 1 saturated carbocycles. The molecule has 0 bridgehead atoms. The van der Waals surface area contributed by atoms with Gasteiger partial charge in [-0.3, -0.25) is 4.98 Å². The summed E-state index contributed by atoms with van der Waals surface area (Å²) in [7, 11) is 0. The molecule has 0 spiro atoms. The molecule has 2 aromatic heterocycles. The Morgan fingerprint density at radius 1 is 1.08 bits per heavy atom. The number of pyridine rings is 1. The van der Waals surface area contributed by atoms with Gasteiger partial charge < -0.3 is 15.3 Å². The summed E-state index contributed by atoms with van der Waals surface area (Å²) in [6.07, 6.45) is -1.49. The minimum Gasteiger partial charge on any atom is -0.475 e. The Hall–Kier alpha value is -3.64. The lowest BCUT2D eigenvalue weighted by Gasteiger charge is -2.35. The van der Waals surface area contributed by atoms with Gasteiger partial charge in [0.1, 0.15) is 23.3 Å². The SMILES string of the molecule is Cc1cc2nc(NC3CC3)c(N3CCC(C(F)c4ccc(F)cc4F)CC3)nc2cn1.O=C(O)C(F)(F)F. The van der Waals surface area contributed by atoms with E-state index >= 15 is 4.39 Å². The van der Waals surface area contributed by atoms with Gasteiger partial charge in [0, 0.05) is 36.5 Å². The molecule has 1 aromatic carbocycles. The molecule has 13 heteroatoms. The fraction of sp³-hybridized carbons (Fsp3) is 0.440. The third kappa shape index (κ3) is 6.62. The summed E-state index contributed by atoms with van der Waals surface area (Å²) in [5.41, 5.74) is 2.34. The molecule has 1 aliphatic heterocycles. The van der Waals surface area contributed by atoms with Gasteiger partial charge in [-0.1, -0.05) is 6.07 Å². The fourth-order valence-corrected chi connectivity index (χ4v) is 4.17. The highest BCUT2D eigenvalue weighted by atomic mass is 19.4. The Bertz CT molecular complexity index is 1310. The number of aliphatic carboxylic acids is 1. The van der Waals surface area contributed by atoms with E-state index in [4.69, 9.17) is 19.9 Å². The number of aryl methyl sites for hydroxylation is 1. The van der Waals surface area contributed by atoms with Crippen molar-refractivity contribution < 1.29 is 36.2 Å². The molecule has 0 amide bonds. The Morgan fingerprint density at radius 2 is 1.74 bits per heavy atom. The van der Waals surface area contributed by atoms with Crippen LogP contribution in [-0.4, -0.2) is 51.3 Å². The van der Waals surface area contributed by atoms with Crippen molar-refractivity contribution in [1.29, 1.82) is 0 Å². The molecule has 2 N–H and O–H groups in total. The van der Waals surface area contributed by atoms with Crippen LogP contribution in [0.1, 0.15) is 43.1 Å². The van der Waals surface area contributed by atoms with E-state index in [-0.39, 0.29) is 11.5 Å². The summed E-state index contributed by atoms with van der Waals surface area (Å²) in [6, 6.07) is 5.40. The van der Waals surface area contributed by atoms with Crippen molar-refractivity contribution in [3.8, 4) is 0 Å². The van der Waals surface area contributed by atoms with Gasteiger partial charge in [-0.05, 0) is 50.7 Å². The monoisotopic (exact) mass is 541 g/mol. The van der Waals surface area contributed by atoms with Gasteiger partial charge >= 0.3 is 12.1 Å². The molecule has 38 heavy (non-hydrogen) atoms. The third-order valence-electron chi connectivity index (χ3n) is 6.34. The predicted molar refractivity (Wildman–Crippen MR) is 128 cm³/mol. The van der Waals surface area contributed by atoms with Crippen molar-refractivity contribution in [2.75, 3.05) is 23.3 Å².